The fourth-order valence-corrected chi connectivity index (χ4v) is 3.18. The van der Waals surface area contributed by atoms with Gasteiger partial charge in [-0.2, -0.15) is 10.2 Å². The van der Waals surface area contributed by atoms with Crippen molar-refractivity contribution in [1.29, 1.82) is 0 Å². The summed E-state index contributed by atoms with van der Waals surface area (Å²) in [6, 6.07) is 0. The number of aryl methyl sites for hydroxylation is 2. The number of hydrogen-bond acceptors (Lipinski definition) is 5. The molecule has 2 heterocycles. The Hall–Kier alpha value is -2.03. The number of nitrogen functional groups attached to an aromatic ring is 1. The molecular weight excluding hydrogens is 268 g/mol. The molecule has 0 saturated heterocycles. The fourth-order valence-electron chi connectivity index (χ4n) is 1.80. The lowest BCUT2D eigenvalue weighted by Crippen LogP contribution is -2.16. The number of anilines is 2. The monoisotopic (exact) mass is 284 g/mol. The van der Waals surface area contributed by atoms with Crippen molar-refractivity contribution in [2.24, 2.45) is 7.05 Å². The third kappa shape index (κ3) is 2.28. The zero-order valence-corrected chi connectivity index (χ0v) is 11.7. The fraction of sp³-hybridized carbons (Fsp3) is 0.400. The van der Waals surface area contributed by atoms with Gasteiger partial charge in [-0.25, -0.2) is 8.42 Å². The molecule has 0 spiro atoms. The number of nitrogens with one attached hydrogen (secondary N) is 2. The van der Waals surface area contributed by atoms with Crippen LogP contribution < -0.4 is 10.5 Å². The number of rotatable bonds is 4. The maximum atomic E-state index is 12.3. The van der Waals surface area contributed by atoms with E-state index in [2.05, 4.69) is 20.0 Å². The molecule has 0 amide bonds. The third-order valence-corrected chi connectivity index (χ3v) is 4.42. The minimum Gasteiger partial charge on any atom is -0.381 e. The highest BCUT2D eigenvalue weighted by Crippen LogP contribution is 2.24. The zero-order chi connectivity index (χ0) is 14.2. The Morgan fingerprint density at radius 2 is 2.21 bits per heavy atom. The van der Waals surface area contributed by atoms with E-state index >= 15 is 0 Å². The van der Waals surface area contributed by atoms with Crippen LogP contribution in [0.2, 0.25) is 0 Å². The van der Waals surface area contributed by atoms with Crippen molar-refractivity contribution < 1.29 is 8.42 Å². The van der Waals surface area contributed by atoms with Gasteiger partial charge in [0.1, 0.15) is 5.82 Å². The summed E-state index contributed by atoms with van der Waals surface area (Å²) in [5, 5.41) is 10.3. The van der Waals surface area contributed by atoms with Crippen molar-refractivity contribution in [2.45, 2.75) is 25.2 Å². The summed E-state index contributed by atoms with van der Waals surface area (Å²) in [5.41, 5.74) is 6.91. The first-order valence-corrected chi connectivity index (χ1v) is 7.19. The Kier molecular flexibility index (Phi) is 3.23. The Morgan fingerprint density at radius 3 is 2.74 bits per heavy atom. The summed E-state index contributed by atoms with van der Waals surface area (Å²) in [5.74, 6) is 0.329. The van der Waals surface area contributed by atoms with Crippen LogP contribution in [0.5, 0.6) is 0 Å². The van der Waals surface area contributed by atoms with E-state index in [1.807, 2.05) is 6.92 Å². The summed E-state index contributed by atoms with van der Waals surface area (Å²) in [4.78, 5) is -0.00773. The zero-order valence-electron chi connectivity index (χ0n) is 10.9. The normalized spacial score (nSPS) is 11.7. The van der Waals surface area contributed by atoms with Crippen LogP contribution in [0.3, 0.4) is 0 Å². The average molecular weight is 284 g/mol. The van der Waals surface area contributed by atoms with E-state index in [4.69, 9.17) is 5.73 Å². The maximum Gasteiger partial charge on any atom is 0.268 e. The molecule has 0 aliphatic carbocycles. The van der Waals surface area contributed by atoms with Crippen molar-refractivity contribution >= 4 is 21.7 Å². The Labute approximate surface area is 111 Å². The number of nitrogens with two attached hydrogens (primary N) is 1. The number of hydrogen-bond donors (Lipinski definition) is 3. The average Bonchev–Trinajstić information content (AvgIpc) is 2.84. The largest absolute Gasteiger partial charge is 0.381 e. The lowest BCUT2D eigenvalue weighted by molar-refractivity contribution is 0.600. The van der Waals surface area contributed by atoms with Crippen LogP contribution in [0.25, 0.3) is 0 Å². The predicted molar refractivity (Wildman–Crippen MR) is 71.1 cm³/mol. The van der Waals surface area contributed by atoms with E-state index in [1.165, 1.54) is 4.68 Å². The lowest BCUT2D eigenvalue weighted by Gasteiger charge is -2.07. The Balaban J connectivity index is 2.44. The molecule has 8 nitrogen and oxygen atoms in total. The van der Waals surface area contributed by atoms with E-state index in [0.717, 1.165) is 5.56 Å². The summed E-state index contributed by atoms with van der Waals surface area (Å²) < 4.78 is 28.5. The molecule has 0 bridgehead atoms. The standard InChI is InChI=1S/C10H16N6O2S/c1-4-7-5-12-13-10(7)15-19(17,18)8-6(2)16(3)14-9(8)11/h5H,4H2,1-3H3,(H2,11,14)(H2,12,13,15). The molecule has 2 aromatic heterocycles. The second-order valence-corrected chi connectivity index (χ2v) is 5.77. The topological polar surface area (TPSA) is 119 Å². The molecular formula is C10H16N6O2S. The van der Waals surface area contributed by atoms with E-state index in [9.17, 15) is 8.42 Å². The SMILES string of the molecule is CCc1cn[nH]c1NS(=O)(=O)c1c(N)nn(C)c1C. The molecule has 2 aromatic rings. The summed E-state index contributed by atoms with van der Waals surface area (Å²) in [7, 11) is -2.15. The van der Waals surface area contributed by atoms with Crippen molar-refractivity contribution in [3.63, 3.8) is 0 Å². The maximum absolute atomic E-state index is 12.3. The van der Waals surface area contributed by atoms with Gasteiger partial charge >= 0.3 is 0 Å². The lowest BCUT2D eigenvalue weighted by atomic mass is 10.3. The van der Waals surface area contributed by atoms with Gasteiger partial charge in [0, 0.05) is 12.6 Å². The second-order valence-electron chi connectivity index (χ2n) is 4.15. The van der Waals surface area contributed by atoms with Crippen LogP contribution >= 0.6 is 0 Å². The van der Waals surface area contributed by atoms with E-state index in [0.29, 0.717) is 17.9 Å². The Bertz CT molecular complexity index is 700. The van der Waals surface area contributed by atoms with E-state index in [1.54, 1.807) is 20.2 Å². The molecule has 0 radical (unpaired) electrons. The van der Waals surface area contributed by atoms with Gasteiger partial charge in [-0.15, -0.1) is 0 Å². The summed E-state index contributed by atoms with van der Waals surface area (Å²) >= 11 is 0. The molecule has 2 rings (SSSR count). The number of nitrogens with zero attached hydrogens (tertiary/aromatic N) is 3. The molecule has 0 aliphatic heterocycles. The quantitative estimate of drug-likeness (QED) is 0.750. The van der Waals surface area contributed by atoms with Gasteiger partial charge in [0.2, 0.25) is 0 Å². The van der Waals surface area contributed by atoms with Crippen LogP contribution in [0.15, 0.2) is 11.1 Å². The summed E-state index contributed by atoms with van der Waals surface area (Å²) in [6.45, 7) is 3.55. The number of aromatic amines is 1. The molecule has 0 atom stereocenters. The van der Waals surface area contributed by atoms with Gasteiger partial charge in [0.25, 0.3) is 10.0 Å². The first-order valence-electron chi connectivity index (χ1n) is 5.71. The van der Waals surface area contributed by atoms with Gasteiger partial charge in [-0.05, 0) is 13.3 Å². The molecule has 0 unspecified atom stereocenters. The van der Waals surface area contributed by atoms with Gasteiger partial charge in [0.15, 0.2) is 10.7 Å². The van der Waals surface area contributed by atoms with Crippen LogP contribution in [0.1, 0.15) is 18.2 Å². The van der Waals surface area contributed by atoms with Crippen LogP contribution in [0.4, 0.5) is 11.6 Å². The molecule has 0 fully saturated rings. The summed E-state index contributed by atoms with van der Waals surface area (Å²) in [6.07, 6.45) is 2.24. The smallest absolute Gasteiger partial charge is 0.268 e. The van der Waals surface area contributed by atoms with E-state index < -0.39 is 10.0 Å². The van der Waals surface area contributed by atoms with Crippen LogP contribution in [-0.2, 0) is 23.5 Å². The number of aromatic nitrogens is 4. The first-order chi connectivity index (χ1) is 8.86. The van der Waals surface area contributed by atoms with Crippen molar-refractivity contribution in [1.82, 2.24) is 20.0 Å². The highest BCUT2D eigenvalue weighted by Gasteiger charge is 2.25. The van der Waals surface area contributed by atoms with Crippen LogP contribution in [-0.4, -0.2) is 28.4 Å². The van der Waals surface area contributed by atoms with E-state index in [-0.39, 0.29) is 10.7 Å². The van der Waals surface area contributed by atoms with Crippen molar-refractivity contribution in [3.05, 3.63) is 17.5 Å². The Morgan fingerprint density at radius 1 is 1.53 bits per heavy atom. The number of sulfonamides is 1. The highest BCUT2D eigenvalue weighted by molar-refractivity contribution is 7.93. The second kappa shape index (κ2) is 4.57. The van der Waals surface area contributed by atoms with Crippen molar-refractivity contribution in [3.8, 4) is 0 Å². The predicted octanol–water partition coefficient (Wildman–Crippen LogP) is 0.397. The molecule has 4 N–H and O–H groups in total. The minimum atomic E-state index is -3.79. The molecule has 0 saturated carbocycles. The molecule has 104 valence electrons. The molecule has 0 aromatic carbocycles. The van der Waals surface area contributed by atoms with Gasteiger partial charge in [-0.3, -0.25) is 14.5 Å². The van der Waals surface area contributed by atoms with Crippen LogP contribution in [0, 0.1) is 6.92 Å². The third-order valence-electron chi connectivity index (χ3n) is 2.91. The number of H-pyrrole nitrogens is 1. The van der Waals surface area contributed by atoms with Gasteiger partial charge in [-0.1, -0.05) is 6.92 Å². The van der Waals surface area contributed by atoms with Gasteiger partial charge < -0.3 is 5.73 Å². The molecule has 9 heteroatoms. The first kappa shape index (κ1) is 13.4. The molecule has 19 heavy (non-hydrogen) atoms. The molecule has 0 aliphatic rings. The highest BCUT2D eigenvalue weighted by atomic mass is 32.2. The van der Waals surface area contributed by atoms with Crippen molar-refractivity contribution in [2.75, 3.05) is 10.5 Å². The van der Waals surface area contributed by atoms with Gasteiger partial charge in [0.05, 0.1) is 11.9 Å². The minimum absolute atomic E-state index is 0.00773.